The first-order valence-electron chi connectivity index (χ1n) is 9.18. The Bertz CT molecular complexity index is 910. The number of amides is 1. The minimum atomic E-state index is -0.0215. The molecule has 3 aromatic rings. The first kappa shape index (κ1) is 18.3. The molecule has 0 radical (unpaired) electrons. The number of hydrogen-bond donors (Lipinski definition) is 1. The van der Waals surface area contributed by atoms with E-state index in [1.807, 2.05) is 16.1 Å². The van der Waals surface area contributed by atoms with E-state index in [4.69, 9.17) is 0 Å². The average Bonchev–Trinajstić information content (AvgIpc) is 3.42. The highest BCUT2D eigenvalue weighted by Crippen LogP contribution is 2.32. The van der Waals surface area contributed by atoms with Crippen LogP contribution in [0.1, 0.15) is 37.3 Å². The van der Waals surface area contributed by atoms with Crippen molar-refractivity contribution in [2.75, 3.05) is 11.1 Å². The van der Waals surface area contributed by atoms with Crippen LogP contribution >= 0.6 is 23.1 Å². The van der Waals surface area contributed by atoms with Crippen LogP contribution in [0.25, 0.3) is 11.3 Å². The van der Waals surface area contributed by atoms with Crippen LogP contribution in [0.15, 0.2) is 46.2 Å². The first-order valence-corrected chi connectivity index (χ1v) is 11.0. The van der Waals surface area contributed by atoms with Crippen molar-refractivity contribution < 1.29 is 4.79 Å². The number of rotatable bonds is 6. The number of nitrogens with one attached hydrogen (secondary N) is 1. The van der Waals surface area contributed by atoms with Gasteiger partial charge in [-0.25, -0.2) is 9.67 Å². The molecule has 27 heavy (non-hydrogen) atoms. The predicted octanol–water partition coefficient (Wildman–Crippen LogP) is 5.16. The lowest BCUT2D eigenvalue weighted by Crippen LogP contribution is -2.19. The smallest absolute Gasteiger partial charge is 0.235 e. The lowest BCUT2D eigenvalue weighted by Gasteiger charge is -2.14. The summed E-state index contributed by atoms with van der Waals surface area (Å²) in [7, 11) is 0. The monoisotopic (exact) mass is 398 g/mol. The van der Waals surface area contributed by atoms with Crippen LogP contribution in [-0.4, -0.2) is 26.4 Å². The highest BCUT2D eigenvalue weighted by Gasteiger charge is 2.20. The van der Waals surface area contributed by atoms with Crippen LogP contribution in [0.3, 0.4) is 0 Å². The van der Waals surface area contributed by atoms with Crippen molar-refractivity contribution in [3.63, 3.8) is 0 Å². The standard InChI is InChI=1S/C20H22N4OS2/c1-14-6-8-15(9-7-14)17-12-26-20(22-17)27-13-19(25)23-18-10-11-21-24(18)16-4-2-3-5-16/h6-12,16H,2-5,13H2,1H3,(H,23,25). The molecule has 1 amide bonds. The summed E-state index contributed by atoms with van der Waals surface area (Å²) in [5, 5.41) is 9.44. The van der Waals surface area contributed by atoms with Crippen LogP contribution in [0.2, 0.25) is 0 Å². The Labute approximate surface area is 167 Å². The Morgan fingerprint density at radius 3 is 2.81 bits per heavy atom. The number of aromatic nitrogens is 3. The van der Waals surface area contributed by atoms with Crippen molar-refractivity contribution >= 4 is 34.8 Å². The summed E-state index contributed by atoms with van der Waals surface area (Å²) in [6.45, 7) is 2.07. The van der Waals surface area contributed by atoms with Crippen LogP contribution in [0, 0.1) is 6.92 Å². The summed E-state index contributed by atoms with van der Waals surface area (Å²) in [5.74, 6) is 1.12. The molecule has 1 N–H and O–H groups in total. The molecule has 4 rings (SSSR count). The third kappa shape index (κ3) is 4.42. The van der Waals surface area contributed by atoms with Crippen molar-refractivity contribution in [2.45, 2.75) is 43.0 Å². The molecule has 0 bridgehead atoms. The van der Waals surface area contributed by atoms with Gasteiger partial charge in [0.05, 0.1) is 23.7 Å². The Balaban J connectivity index is 1.33. The zero-order valence-electron chi connectivity index (χ0n) is 15.2. The molecular formula is C20H22N4OS2. The highest BCUT2D eigenvalue weighted by atomic mass is 32.2. The van der Waals surface area contributed by atoms with Crippen molar-refractivity contribution in [3.05, 3.63) is 47.5 Å². The number of thiazole rings is 1. The summed E-state index contributed by atoms with van der Waals surface area (Å²) in [5.41, 5.74) is 3.30. The van der Waals surface area contributed by atoms with E-state index in [-0.39, 0.29) is 5.91 Å². The number of anilines is 1. The lowest BCUT2D eigenvalue weighted by molar-refractivity contribution is -0.113. The van der Waals surface area contributed by atoms with E-state index in [1.165, 1.54) is 30.2 Å². The molecule has 0 saturated heterocycles. The number of hydrogen-bond acceptors (Lipinski definition) is 5. The van der Waals surface area contributed by atoms with Crippen molar-refractivity contribution in [3.8, 4) is 11.3 Å². The Kier molecular flexibility index (Phi) is 5.59. The zero-order valence-corrected chi connectivity index (χ0v) is 16.9. The van der Waals surface area contributed by atoms with Crippen LogP contribution in [0.4, 0.5) is 5.82 Å². The fourth-order valence-corrected chi connectivity index (χ4v) is 4.97. The van der Waals surface area contributed by atoms with Gasteiger partial charge >= 0.3 is 0 Å². The number of carbonyl (C=O) groups is 1. The van der Waals surface area contributed by atoms with Gasteiger partial charge in [0.1, 0.15) is 5.82 Å². The molecule has 0 unspecified atom stereocenters. The number of aryl methyl sites for hydroxylation is 1. The number of carbonyl (C=O) groups excluding carboxylic acids is 1. The van der Waals surface area contributed by atoms with Crippen molar-refractivity contribution in [2.24, 2.45) is 0 Å². The molecule has 1 aliphatic carbocycles. The van der Waals surface area contributed by atoms with Gasteiger partial charge in [0.25, 0.3) is 0 Å². The number of thioether (sulfide) groups is 1. The van der Waals surface area contributed by atoms with E-state index < -0.39 is 0 Å². The molecular weight excluding hydrogens is 376 g/mol. The van der Waals surface area contributed by atoms with Gasteiger partial charge in [0.15, 0.2) is 4.34 Å². The second-order valence-electron chi connectivity index (χ2n) is 6.80. The number of benzene rings is 1. The van der Waals surface area contributed by atoms with Crippen molar-refractivity contribution in [1.29, 1.82) is 0 Å². The van der Waals surface area contributed by atoms with Gasteiger partial charge < -0.3 is 5.32 Å². The lowest BCUT2D eigenvalue weighted by atomic mass is 10.1. The average molecular weight is 399 g/mol. The third-order valence-corrected chi connectivity index (χ3v) is 6.79. The minimum absolute atomic E-state index is 0.0215. The Morgan fingerprint density at radius 2 is 2.04 bits per heavy atom. The highest BCUT2D eigenvalue weighted by molar-refractivity contribution is 8.01. The topological polar surface area (TPSA) is 59.8 Å². The number of nitrogens with zero attached hydrogens (tertiary/aromatic N) is 3. The molecule has 1 fully saturated rings. The summed E-state index contributed by atoms with van der Waals surface area (Å²) >= 11 is 3.05. The summed E-state index contributed by atoms with van der Waals surface area (Å²) in [6.07, 6.45) is 6.51. The maximum absolute atomic E-state index is 12.4. The summed E-state index contributed by atoms with van der Waals surface area (Å²) in [4.78, 5) is 17.0. The third-order valence-electron chi connectivity index (χ3n) is 4.77. The molecule has 1 aliphatic rings. The molecule has 7 heteroatoms. The Morgan fingerprint density at radius 1 is 1.26 bits per heavy atom. The fourth-order valence-electron chi connectivity index (χ4n) is 3.34. The molecule has 0 atom stereocenters. The largest absolute Gasteiger partial charge is 0.310 e. The van der Waals surface area contributed by atoms with Gasteiger partial charge in [-0.2, -0.15) is 5.10 Å². The molecule has 0 spiro atoms. The minimum Gasteiger partial charge on any atom is -0.310 e. The second-order valence-corrected chi connectivity index (χ2v) is 8.88. The van der Waals surface area contributed by atoms with E-state index in [9.17, 15) is 4.79 Å². The maximum atomic E-state index is 12.4. The quantitative estimate of drug-likeness (QED) is 0.583. The SMILES string of the molecule is Cc1ccc(-c2csc(SCC(=O)Nc3ccnn3C3CCCC3)n2)cc1. The van der Waals surface area contributed by atoms with Crippen LogP contribution < -0.4 is 5.32 Å². The second kappa shape index (κ2) is 8.27. The van der Waals surface area contributed by atoms with Crippen LogP contribution in [0.5, 0.6) is 0 Å². The van der Waals surface area contributed by atoms with Gasteiger partial charge in [-0.15, -0.1) is 11.3 Å². The summed E-state index contributed by atoms with van der Waals surface area (Å²) in [6, 6.07) is 10.6. The van der Waals surface area contributed by atoms with Crippen LogP contribution in [-0.2, 0) is 4.79 Å². The molecule has 1 aromatic carbocycles. The molecule has 0 aliphatic heterocycles. The Hall–Kier alpha value is -2.12. The van der Waals surface area contributed by atoms with E-state index in [2.05, 4.69) is 46.6 Å². The molecule has 1 saturated carbocycles. The first-order chi connectivity index (χ1) is 13.2. The van der Waals surface area contributed by atoms with Gasteiger partial charge in [0.2, 0.25) is 5.91 Å². The van der Waals surface area contributed by atoms with E-state index in [0.717, 1.165) is 34.3 Å². The van der Waals surface area contributed by atoms with E-state index >= 15 is 0 Å². The van der Waals surface area contributed by atoms with Gasteiger partial charge in [-0.3, -0.25) is 4.79 Å². The summed E-state index contributed by atoms with van der Waals surface area (Å²) < 4.78 is 2.87. The van der Waals surface area contributed by atoms with Gasteiger partial charge in [-0.05, 0) is 19.8 Å². The molecule has 5 nitrogen and oxygen atoms in total. The van der Waals surface area contributed by atoms with Gasteiger partial charge in [0, 0.05) is 17.0 Å². The molecule has 2 heterocycles. The van der Waals surface area contributed by atoms with E-state index in [1.54, 1.807) is 17.5 Å². The zero-order chi connectivity index (χ0) is 18.6. The van der Waals surface area contributed by atoms with Gasteiger partial charge in [-0.1, -0.05) is 54.4 Å². The predicted molar refractivity (Wildman–Crippen MR) is 111 cm³/mol. The van der Waals surface area contributed by atoms with Crippen molar-refractivity contribution in [1.82, 2.24) is 14.8 Å². The molecule has 2 aromatic heterocycles. The maximum Gasteiger partial charge on any atom is 0.235 e. The normalized spacial score (nSPS) is 14.6. The van der Waals surface area contributed by atoms with E-state index in [0.29, 0.717) is 11.8 Å². The fraction of sp³-hybridized carbons (Fsp3) is 0.350. The molecule has 140 valence electrons.